The number of nitrogens with zero attached hydrogens (tertiary/aromatic N) is 3. The normalized spacial score (nSPS) is 10.7. The first-order chi connectivity index (χ1) is 11.6. The van der Waals surface area contributed by atoms with Crippen LogP contribution in [0, 0.1) is 0 Å². The molecule has 0 aliphatic carbocycles. The highest BCUT2D eigenvalue weighted by atomic mass is 16.1. The van der Waals surface area contributed by atoms with Crippen molar-refractivity contribution in [1.82, 2.24) is 15.2 Å². The van der Waals surface area contributed by atoms with Gasteiger partial charge in [-0.3, -0.25) is 4.79 Å². The van der Waals surface area contributed by atoms with Crippen molar-refractivity contribution in [2.45, 2.75) is 13.0 Å². The first kappa shape index (κ1) is 17.9. The number of nitrogens with one attached hydrogen (secondary N) is 1. The van der Waals surface area contributed by atoms with Crippen LogP contribution in [0.15, 0.2) is 48.7 Å². The maximum absolute atomic E-state index is 12.1. The van der Waals surface area contributed by atoms with Crippen LogP contribution in [0.4, 0.5) is 5.82 Å². The molecule has 128 valence electrons. The van der Waals surface area contributed by atoms with Gasteiger partial charge in [0.1, 0.15) is 5.82 Å². The minimum absolute atomic E-state index is 0.0708. The molecule has 5 heteroatoms. The maximum Gasteiger partial charge on any atom is 0.252 e. The van der Waals surface area contributed by atoms with Crippen LogP contribution in [0.2, 0.25) is 0 Å². The number of hydrogen-bond acceptors (Lipinski definition) is 4. The minimum atomic E-state index is -0.0708. The summed E-state index contributed by atoms with van der Waals surface area (Å²) in [5, 5.41) is 2.92. The van der Waals surface area contributed by atoms with Crippen LogP contribution in [0.1, 0.15) is 22.3 Å². The topological polar surface area (TPSA) is 48.5 Å². The van der Waals surface area contributed by atoms with Gasteiger partial charge in [0.2, 0.25) is 0 Å². The number of benzene rings is 1. The Hall–Kier alpha value is -2.40. The molecule has 5 nitrogen and oxygen atoms in total. The van der Waals surface area contributed by atoms with Gasteiger partial charge >= 0.3 is 0 Å². The average molecular weight is 326 g/mol. The second kappa shape index (κ2) is 9.03. The van der Waals surface area contributed by atoms with E-state index in [0.717, 1.165) is 25.3 Å². The smallest absolute Gasteiger partial charge is 0.252 e. The number of anilines is 1. The van der Waals surface area contributed by atoms with Crippen molar-refractivity contribution in [2.24, 2.45) is 0 Å². The summed E-state index contributed by atoms with van der Waals surface area (Å²) in [6.45, 7) is 2.42. The Bertz CT molecular complexity index is 626. The molecule has 2 rings (SSSR count). The van der Waals surface area contributed by atoms with E-state index in [1.165, 1.54) is 5.56 Å². The molecule has 0 unspecified atom stereocenters. The summed E-state index contributed by atoms with van der Waals surface area (Å²) in [5.41, 5.74) is 1.82. The van der Waals surface area contributed by atoms with Crippen molar-refractivity contribution in [2.75, 3.05) is 39.1 Å². The average Bonchev–Trinajstić information content (AvgIpc) is 2.59. The quantitative estimate of drug-likeness (QED) is 0.757. The first-order valence-electron chi connectivity index (χ1n) is 8.20. The van der Waals surface area contributed by atoms with Crippen molar-refractivity contribution in [1.29, 1.82) is 0 Å². The van der Waals surface area contributed by atoms with E-state index in [1.807, 2.05) is 51.5 Å². The monoisotopic (exact) mass is 326 g/mol. The predicted octanol–water partition coefficient (Wildman–Crippen LogP) is 2.40. The van der Waals surface area contributed by atoms with Crippen LogP contribution in [-0.4, -0.2) is 50.0 Å². The summed E-state index contributed by atoms with van der Waals surface area (Å²) >= 11 is 0. The third-order valence-corrected chi connectivity index (χ3v) is 3.73. The molecule has 1 heterocycles. The number of carbonyl (C=O) groups is 1. The zero-order valence-corrected chi connectivity index (χ0v) is 14.7. The van der Waals surface area contributed by atoms with E-state index in [1.54, 1.807) is 6.20 Å². The number of carbonyl (C=O) groups excluding carboxylic acids is 1. The molecule has 0 bridgehead atoms. The molecule has 2 aromatic rings. The number of aromatic nitrogens is 1. The van der Waals surface area contributed by atoms with E-state index < -0.39 is 0 Å². The molecule has 0 saturated carbocycles. The lowest BCUT2D eigenvalue weighted by molar-refractivity contribution is 0.0952. The first-order valence-corrected chi connectivity index (χ1v) is 8.20. The molecule has 1 aromatic heterocycles. The summed E-state index contributed by atoms with van der Waals surface area (Å²) in [5.74, 6) is 0.779. The van der Waals surface area contributed by atoms with Crippen molar-refractivity contribution in [3.8, 4) is 0 Å². The van der Waals surface area contributed by atoms with E-state index in [2.05, 4.69) is 32.2 Å². The van der Waals surface area contributed by atoms with E-state index >= 15 is 0 Å². The summed E-state index contributed by atoms with van der Waals surface area (Å²) in [4.78, 5) is 20.7. The van der Waals surface area contributed by atoms with Gasteiger partial charge < -0.3 is 15.1 Å². The van der Waals surface area contributed by atoms with Crippen LogP contribution >= 0.6 is 0 Å². The van der Waals surface area contributed by atoms with E-state index in [9.17, 15) is 4.79 Å². The Balaban J connectivity index is 1.86. The molecule has 1 N–H and O–H groups in total. The molecule has 0 aliphatic heterocycles. The van der Waals surface area contributed by atoms with Gasteiger partial charge in [-0.1, -0.05) is 30.3 Å². The van der Waals surface area contributed by atoms with Gasteiger partial charge in [-0.25, -0.2) is 4.98 Å². The Morgan fingerprint density at radius 1 is 1.08 bits per heavy atom. The van der Waals surface area contributed by atoms with Crippen LogP contribution in [0.25, 0.3) is 0 Å². The van der Waals surface area contributed by atoms with Gasteiger partial charge in [0, 0.05) is 26.3 Å². The summed E-state index contributed by atoms with van der Waals surface area (Å²) in [6, 6.07) is 14.0. The molecule has 1 aromatic carbocycles. The van der Waals surface area contributed by atoms with Gasteiger partial charge in [-0.05, 0) is 44.8 Å². The third-order valence-electron chi connectivity index (χ3n) is 3.73. The number of amides is 1. The zero-order valence-electron chi connectivity index (χ0n) is 14.7. The van der Waals surface area contributed by atoms with Gasteiger partial charge in [0.05, 0.1) is 5.56 Å². The number of hydrogen-bond donors (Lipinski definition) is 1. The van der Waals surface area contributed by atoms with E-state index in [-0.39, 0.29) is 5.91 Å². The lowest BCUT2D eigenvalue weighted by Crippen LogP contribution is -2.27. The highest BCUT2D eigenvalue weighted by Gasteiger charge is 2.08. The third kappa shape index (κ3) is 5.66. The molecule has 24 heavy (non-hydrogen) atoms. The number of pyridine rings is 1. The van der Waals surface area contributed by atoms with Crippen LogP contribution < -0.4 is 10.2 Å². The Labute approximate surface area is 144 Å². The Morgan fingerprint density at radius 3 is 2.46 bits per heavy atom. The molecule has 0 fully saturated rings. The molecule has 0 aliphatic rings. The van der Waals surface area contributed by atoms with Crippen molar-refractivity contribution >= 4 is 11.7 Å². The highest BCUT2D eigenvalue weighted by molar-refractivity contribution is 5.94. The van der Waals surface area contributed by atoms with Crippen molar-refractivity contribution in [3.05, 3.63) is 59.8 Å². The molecule has 1 amide bonds. The molecule has 0 spiro atoms. The maximum atomic E-state index is 12.1. The zero-order chi connectivity index (χ0) is 17.4. The summed E-state index contributed by atoms with van der Waals surface area (Å²) in [6.07, 6.45) is 2.57. The lowest BCUT2D eigenvalue weighted by Gasteiger charge is -2.18. The Morgan fingerprint density at radius 2 is 1.83 bits per heavy atom. The van der Waals surface area contributed by atoms with Crippen LogP contribution in [0.3, 0.4) is 0 Å². The second-order valence-corrected chi connectivity index (χ2v) is 6.16. The fourth-order valence-electron chi connectivity index (χ4n) is 2.38. The lowest BCUT2D eigenvalue weighted by atomic mass is 10.2. The van der Waals surface area contributed by atoms with Crippen LogP contribution in [0.5, 0.6) is 0 Å². The summed E-state index contributed by atoms with van der Waals surface area (Å²) < 4.78 is 0. The van der Waals surface area contributed by atoms with Crippen LogP contribution in [-0.2, 0) is 6.54 Å². The number of rotatable bonds is 8. The second-order valence-electron chi connectivity index (χ2n) is 6.16. The molecule has 0 saturated heterocycles. The van der Waals surface area contributed by atoms with Crippen molar-refractivity contribution in [3.63, 3.8) is 0 Å². The van der Waals surface area contributed by atoms with Gasteiger partial charge in [0.25, 0.3) is 5.91 Å². The van der Waals surface area contributed by atoms with Gasteiger partial charge in [-0.2, -0.15) is 0 Å². The minimum Gasteiger partial charge on any atom is -0.355 e. The molecule has 0 atom stereocenters. The SMILES string of the molecule is CN(C)CCCNC(=O)c1ccc(N(C)Cc2ccccc2)nc1. The largest absolute Gasteiger partial charge is 0.355 e. The molecular formula is C19H26N4O. The Kier molecular flexibility index (Phi) is 6.75. The van der Waals surface area contributed by atoms with Gasteiger partial charge in [0.15, 0.2) is 0 Å². The highest BCUT2D eigenvalue weighted by Crippen LogP contribution is 2.13. The molecule has 0 radical (unpaired) electrons. The summed E-state index contributed by atoms with van der Waals surface area (Å²) in [7, 11) is 6.04. The molecular weight excluding hydrogens is 300 g/mol. The van der Waals surface area contributed by atoms with Gasteiger partial charge in [-0.15, -0.1) is 0 Å². The predicted molar refractivity (Wildman–Crippen MR) is 98.3 cm³/mol. The standard InChI is InChI=1S/C19H26N4O/c1-22(2)13-7-12-20-19(24)17-10-11-18(21-14-17)23(3)15-16-8-5-4-6-9-16/h4-6,8-11,14H,7,12-13,15H2,1-3H3,(H,20,24). The fraction of sp³-hybridized carbons (Fsp3) is 0.368. The fourth-order valence-corrected chi connectivity index (χ4v) is 2.38. The van der Waals surface area contributed by atoms with E-state index in [0.29, 0.717) is 12.1 Å². The van der Waals surface area contributed by atoms with E-state index in [4.69, 9.17) is 0 Å². The van der Waals surface area contributed by atoms with Crippen molar-refractivity contribution < 1.29 is 4.79 Å².